The Morgan fingerprint density at radius 3 is 1.86 bits per heavy atom. The van der Waals surface area contributed by atoms with Crippen molar-refractivity contribution in [2.24, 2.45) is 0 Å². The van der Waals surface area contributed by atoms with Crippen LogP contribution in [0.25, 0.3) is 0 Å². The first-order valence-electron chi connectivity index (χ1n) is 2.85. The van der Waals surface area contributed by atoms with Crippen LogP contribution in [-0.2, 0) is 0 Å². The first-order chi connectivity index (χ1) is 3.06. The summed E-state index contributed by atoms with van der Waals surface area (Å²) in [6.45, 7) is 6.25. The summed E-state index contributed by atoms with van der Waals surface area (Å²) in [6, 6.07) is 0. The van der Waals surface area contributed by atoms with Gasteiger partial charge in [0.1, 0.15) is 0 Å². The molecule has 40 valence electrons. The summed E-state index contributed by atoms with van der Waals surface area (Å²) in [6.07, 6.45) is 2.30. The van der Waals surface area contributed by atoms with Crippen LogP contribution in [0.4, 0.5) is 0 Å². The fraction of sp³-hybridized carbons (Fsp3) is 1.00. The Labute approximate surface area is 47.7 Å². The molecule has 0 spiro atoms. The lowest BCUT2D eigenvalue weighted by Gasteiger charge is -2.15. The lowest BCUT2D eigenvalue weighted by Crippen LogP contribution is -1.99. The maximum Gasteiger partial charge on any atom is 0.0738 e. The van der Waals surface area contributed by atoms with E-state index in [1.807, 2.05) is 0 Å². The van der Waals surface area contributed by atoms with E-state index in [0.29, 0.717) is 0 Å². The quantitative estimate of drug-likeness (QED) is 0.462. The molecule has 0 aliphatic rings. The lowest BCUT2D eigenvalue weighted by atomic mass is 9.70. The van der Waals surface area contributed by atoms with Crippen LogP contribution < -0.4 is 0 Å². The molecule has 0 saturated carbocycles. The second-order valence-electron chi connectivity index (χ2n) is 2.74. The minimum atomic E-state index is 0.0503. The molecule has 0 atom stereocenters. The van der Waals surface area contributed by atoms with E-state index in [-0.39, 0.29) is 5.31 Å². The third-order valence-electron chi connectivity index (χ3n) is 0.894. The topological polar surface area (TPSA) is 0 Å². The average Bonchev–Trinajstić information content (AvgIpc) is 1.30. The van der Waals surface area contributed by atoms with Crippen LogP contribution >= 0.6 is 0 Å². The summed E-state index contributed by atoms with van der Waals surface area (Å²) >= 11 is 0. The summed E-state index contributed by atoms with van der Waals surface area (Å²) in [5.74, 6) is 0. The Hall–Kier alpha value is 0.0649. The van der Waals surface area contributed by atoms with Crippen molar-refractivity contribution in [1.82, 2.24) is 0 Å². The van der Waals surface area contributed by atoms with Gasteiger partial charge in [0.05, 0.1) is 7.85 Å². The summed E-state index contributed by atoms with van der Waals surface area (Å²) < 4.78 is 0. The third kappa shape index (κ3) is 6.06. The minimum Gasteiger partial charge on any atom is -0.0716 e. The summed E-state index contributed by atoms with van der Waals surface area (Å²) in [5, 5.41) is 0.0503. The Morgan fingerprint density at radius 1 is 1.43 bits per heavy atom. The van der Waals surface area contributed by atoms with Crippen molar-refractivity contribution in [1.29, 1.82) is 0 Å². The van der Waals surface area contributed by atoms with Gasteiger partial charge in [0.25, 0.3) is 0 Å². The molecule has 0 saturated heterocycles. The van der Waals surface area contributed by atoms with Crippen LogP contribution in [0.2, 0.25) is 5.31 Å². The van der Waals surface area contributed by atoms with Gasteiger partial charge in [-0.05, 0) is 0 Å². The molecule has 0 unspecified atom stereocenters. The number of rotatable bonds is 2. The molecule has 0 heterocycles. The van der Waals surface area contributed by atoms with Gasteiger partial charge in [0, 0.05) is 0 Å². The standard InChI is InChI=1S/C6H13B/c1-4-5-6(2,3)7/h4-5H2,1-3H3. The van der Waals surface area contributed by atoms with E-state index in [4.69, 9.17) is 7.85 Å². The maximum atomic E-state index is 5.65. The minimum absolute atomic E-state index is 0.0503. The molecule has 2 radical (unpaired) electrons. The molecule has 0 bridgehead atoms. The van der Waals surface area contributed by atoms with Crippen molar-refractivity contribution < 1.29 is 0 Å². The highest BCUT2D eigenvalue weighted by Gasteiger charge is 2.05. The van der Waals surface area contributed by atoms with Gasteiger partial charge in [-0.15, -0.1) is 0 Å². The SMILES string of the molecule is [B]C(C)(C)CCC. The first kappa shape index (κ1) is 7.06. The maximum absolute atomic E-state index is 5.65. The van der Waals surface area contributed by atoms with Crippen molar-refractivity contribution >= 4 is 7.85 Å². The van der Waals surface area contributed by atoms with E-state index >= 15 is 0 Å². The van der Waals surface area contributed by atoms with Gasteiger partial charge in [0.2, 0.25) is 0 Å². The van der Waals surface area contributed by atoms with Gasteiger partial charge in [-0.1, -0.05) is 38.9 Å². The van der Waals surface area contributed by atoms with Crippen molar-refractivity contribution in [3.05, 3.63) is 0 Å². The fourth-order valence-electron chi connectivity index (χ4n) is 0.644. The van der Waals surface area contributed by atoms with Gasteiger partial charge in [0.15, 0.2) is 0 Å². The van der Waals surface area contributed by atoms with Crippen LogP contribution in [0.1, 0.15) is 33.6 Å². The Balaban J connectivity index is 3.15. The van der Waals surface area contributed by atoms with E-state index < -0.39 is 0 Å². The molecule has 0 amide bonds. The monoisotopic (exact) mass is 96.1 g/mol. The predicted octanol–water partition coefficient (Wildman–Crippen LogP) is 2.15. The summed E-state index contributed by atoms with van der Waals surface area (Å²) in [7, 11) is 5.65. The Kier molecular flexibility index (Phi) is 2.41. The molecule has 0 rings (SSSR count). The van der Waals surface area contributed by atoms with Crippen LogP contribution in [0.15, 0.2) is 0 Å². The molecule has 0 aromatic heterocycles. The van der Waals surface area contributed by atoms with Gasteiger partial charge in [-0.25, -0.2) is 0 Å². The van der Waals surface area contributed by atoms with E-state index in [0.717, 1.165) is 6.42 Å². The number of hydrogen-bond acceptors (Lipinski definition) is 0. The van der Waals surface area contributed by atoms with Crippen LogP contribution in [0, 0.1) is 0 Å². The zero-order valence-electron chi connectivity index (χ0n) is 5.49. The van der Waals surface area contributed by atoms with Gasteiger partial charge < -0.3 is 0 Å². The molecule has 7 heavy (non-hydrogen) atoms. The van der Waals surface area contributed by atoms with E-state index in [9.17, 15) is 0 Å². The molecular formula is C6H13B. The molecule has 0 nitrogen and oxygen atoms in total. The Bertz CT molecular complexity index is 42.6. The van der Waals surface area contributed by atoms with Crippen LogP contribution in [-0.4, -0.2) is 7.85 Å². The largest absolute Gasteiger partial charge is 0.0738 e. The fourth-order valence-corrected chi connectivity index (χ4v) is 0.644. The molecule has 0 aliphatic carbocycles. The predicted molar refractivity (Wildman–Crippen MR) is 34.7 cm³/mol. The van der Waals surface area contributed by atoms with Crippen molar-refractivity contribution in [3.8, 4) is 0 Å². The Morgan fingerprint density at radius 2 is 1.86 bits per heavy atom. The van der Waals surface area contributed by atoms with E-state index in [1.54, 1.807) is 0 Å². The summed E-state index contributed by atoms with van der Waals surface area (Å²) in [5.41, 5.74) is 0. The second-order valence-corrected chi connectivity index (χ2v) is 2.74. The summed E-state index contributed by atoms with van der Waals surface area (Å²) in [4.78, 5) is 0. The van der Waals surface area contributed by atoms with Crippen LogP contribution in [0.5, 0.6) is 0 Å². The first-order valence-corrected chi connectivity index (χ1v) is 2.85. The third-order valence-corrected chi connectivity index (χ3v) is 0.894. The zero-order valence-corrected chi connectivity index (χ0v) is 5.49. The average molecular weight is 96.0 g/mol. The molecule has 0 aromatic rings. The highest BCUT2D eigenvalue weighted by atomic mass is 14.0. The zero-order chi connectivity index (χ0) is 5.91. The van der Waals surface area contributed by atoms with Crippen LogP contribution in [0.3, 0.4) is 0 Å². The lowest BCUT2D eigenvalue weighted by molar-refractivity contribution is 0.601. The highest BCUT2D eigenvalue weighted by molar-refractivity contribution is 6.14. The molecule has 0 N–H and O–H groups in total. The molecule has 0 aliphatic heterocycles. The van der Waals surface area contributed by atoms with E-state index in [2.05, 4.69) is 20.8 Å². The van der Waals surface area contributed by atoms with Gasteiger partial charge in [-0.3, -0.25) is 0 Å². The molecule has 0 aromatic carbocycles. The highest BCUT2D eigenvalue weighted by Crippen LogP contribution is 2.24. The van der Waals surface area contributed by atoms with Gasteiger partial charge in [-0.2, -0.15) is 0 Å². The normalized spacial score (nSPS) is 11.9. The molecule has 0 fully saturated rings. The van der Waals surface area contributed by atoms with Crippen molar-refractivity contribution in [2.45, 2.75) is 38.9 Å². The van der Waals surface area contributed by atoms with Crippen molar-refractivity contribution in [2.75, 3.05) is 0 Å². The second kappa shape index (κ2) is 2.39. The molecular weight excluding hydrogens is 82.9 g/mol. The van der Waals surface area contributed by atoms with Gasteiger partial charge >= 0.3 is 0 Å². The number of hydrogen-bond donors (Lipinski definition) is 0. The van der Waals surface area contributed by atoms with Crippen molar-refractivity contribution in [3.63, 3.8) is 0 Å². The smallest absolute Gasteiger partial charge is 0.0716 e. The van der Waals surface area contributed by atoms with E-state index in [1.165, 1.54) is 6.42 Å². The molecule has 1 heteroatoms.